The number of halogens is 1. The molecule has 3 aliphatic heterocycles. The van der Waals surface area contributed by atoms with Gasteiger partial charge in [-0.25, -0.2) is 9.59 Å². The van der Waals surface area contributed by atoms with E-state index in [-0.39, 0.29) is 34.8 Å². The molecule has 37 heavy (non-hydrogen) atoms. The summed E-state index contributed by atoms with van der Waals surface area (Å²) in [5.74, 6) is -0.0646. The average Bonchev–Trinajstić information content (AvgIpc) is 2.84. The molecule has 0 spiro atoms. The van der Waals surface area contributed by atoms with Crippen LogP contribution in [0.25, 0.3) is 0 Å². The second kappa shape index (κ2) is 12.2. The highest BCUT2D eigenvalue weighted by molar-refractivity contribution is 5.97. The fourth-order valence-electron chi connectivity index (χ4n) is 5.32. The first-order chi connectivity index (χ1) is 17.1. The second-order valence-electron chi connectivity index (χ2n) is 11.1. The van der Waals surface area contributed by atoms with E-state index in [9.17, 15) is 14.4 Å². The summed E-state index contributed by atoms with van der Waals surface area (Å²) in [6.07, 6.45) is 1.22. The Morgan fingerprint density at radius 1 is 0.973 bits per heavy atom. The molecule has 3 saturated heterocycles. The summed E-state index contributed by atoms with van der Waals surface area (Å²) < 4.78 is 12.1. The van der Waals surface area contributed by atoms with Crippen molar-refractivity contribution in [2.24, 2.45) is 5.92 Å². The Bertz CT molecular complexity index is 1060. The molecule has 3 heterocycles. The highest BCUT2D eigenvalue weighted by Crippen LogP contribution is 2.36. The number of carbonyl (C=O) groups excluding carboxylic acids is 3. The van der Waals surface area contributed by atoms with Gasteiger partial charge in [0.15, 0.2) is 6.10 Å². The average molecular weight is 574 g/mol. The molecular weight excluding hydrogens is 536 g/mol. The van der Waals surface area contributed by atoms with Gasteiger partial charge in [-0.3, -0.25) is 4.79 Å². The molecule has 3 aliphatic rings. The number of amides is 1. The molecule has 2 bridgehead atoms. The van der Waals surface area contributed by atoms with Gasteiger partial charge in [0.1, 0.15) is 24.7 Å². The van der Waals surface area contributed by atoms with E-state index in [1.165, 1.54) is 0 Å². The van der Waals surface area contributed by atoms with Crippen LogP contribution >= 0.6 is 0 Å². The zero-order valence-corrected chi connectivity index (χ0v) is 23.4. The van der Waals surface area contributed by atoms with E-state index in [0.29, 0.717) is 24.0 Å². The van der Waals surface area contributed by atoms with Crippen molar-refractivity contribution in [3.63, 3.8) is 0 Å². The molecule has 0 unspecified atom stereocenters. The largest absolute Gasteiger partial charge is 1.00 e. The summed E-state index contributed by atoms with van der Waals surface area (Å²) in [6, 6.07) is 18.0. The van der Waals surface area contributed by atoms with E-state index >= 15 is 0 Å². The van der Waals surface area contributed by atoms with Crippen LogP contribution < -0.4 is 22.3 Å². The van der Waals surface area contributed by atoms with E-state index in [2.05, 4.69) is 5.32 Å². The first kappa shape index (κ1) is 28.9. The van der Waals surface area contributed by atoms with Crippen molar-refractivity contribution in [1.29, 1.82) is 0 Å². The number of ether oxygens (including phenoxy) is 2. The lowest BCUT2D eigenvalue weighted by atomic mass is 9.82. The van der Waals surface area contributed by atoms with Gasteiger partial charge >= 0.3 is 12.1 Å². The van der Waals surface area contributed by atoms with E-state index in [1.807, 2.05) is 60.7 Å². The highest BCUT2D eigenvalue weighted by atomic mass is 79.9. The van der Waals surface area contributed by atoms with Crippen LogP contribution in [0, 0.1) is 5.92 Å². The normalized spacial score (nSPS) is 23.3. The van der Waals surface area contributed by atoms with E-state index < -0.39 is 23.7 Å². The Balaban J connectivity index is 0.00000380. The fourth-order valence-corrected chi connectivity index (χ4v) is 5.32. The zero-order valence-electron chi connectivity index (χ0n) is 21.8. The summed E-state index contributed by atoms with van der Waals surface area (Å²) in [5.41, 5.74) is 0.959. The number of fused-ring (bicyclic) bond motifs is 3. The van der Waals surface area contributed by atoms with Crippen LogP contribution in [0.5, 0.6) is 0 Å². The number of nitrogens with zero attached hydrogens (tertiary/aromatic N) is 1. The molecule has 1 N–H and O–H groups in total. The number of hydrogen-bond acceptors (Lipinski definition) is 5. The molecule has 3 fully saturated rings. The molecule has 2 atom stereocenters. The van der Waals surface area contributed by atoms with E-state index in [4.69, 9.17) is 9.47 Å². The second-order valence-corrected chi connectivity index (χ2v) is 11.1. The Kier molecular flexibility index (Phi) is 9.53. The number of rotatable bonds is 8. The SMILES string of the molecule is CC(C)(C)OC(=O)N[C@@H](Cc1ccccc1)C(=O)O[C@H]1C[N+]2(CC(=O)c3ccccc3)CCC1CC2.[Br-]. The highest BCUT2D eigenvalue weighted by Gasteiger charge is 2.49. The number of hydrogen-bond donors (Lipinski definition) is 1. The Morgan fingerprint density at radius 3 is 2.16 bits per heavy atom. The summed E-state index contributed by atoms with van der Waals surface area (Å²) in [6.45, 7) is 8.22. The third-order valence-electron chi connectivity index (χ3n) is 7.14. The number of benzene rings is 2. The summed E-state index contributed by atoms with van der Waals surface area (Å²) in [7, 11) is 0. The fraction of sp³-hybridized carbons (Fsp3) is 0.483. The van der Waals surface area contributed by atoms with Crippen LogP contribution in [-0.2, 0) is 20.7 Å². The topological polar surface area (TPSA) is 81.7 Å². The van der Waals surface area contributed by atoms with Gasteiger partial charge in [-0.2, -0.15) is 0 Å². The van der Waals surface area contributed by atoms with Gasteiger partial charge in [0, 0.05) is 30.7 Å². The summed E-state index contributed by atoms with van der Waals surface area (Å²) >= 11 is 0. The smallest absolute Gasteiger partial charge is 0.408 e. The maximum atomic E-state index is 13.4. The van der Waals surface area contributed by atoms with Crippen molar-refractivity contribution in [2.75, 3.05) is 26.2 Å². The monoisotopic (exact) mass is 572 g/mol. The van der Waals surface area contributed by atoms with E-state index in [0.717, 1.165) is 37.1 Å². The molecule has 7 nitrogen and oxygen atoms in total. The molecule has 200 valence electrons. The third-order valence-corrected chi connectivity index (χ3v) is 7.14. The molecule has 0 aliphatic carbocycles. The maximum absolute atomic E-state index is 13.4. The minimum Gasteiger partial charge on any atom is -1.00 e. The lowest BCUT2D eigenvalue weighted by Gasteiger charge is -2.51. The van der Waals surface area contributed by atoms with Crippen molar-refractivity contribution in [2.45, 2.75) is 57.8 Å². The lowest BCUT2D eigenvalue weighted by Crippen LogP contribution is -3.00. The van der Waals surface area contributed by atoms with Gasteiger partial charge in [-0.15, -0.1) is 0 Å². The molecule has 2 aromatic rings. The van der Waals surface area contributed by atoms with Crippen LogP contribution in [0.2, 0.25) is 0 Å². The van der Waals surface area contributed by atoms with Gasteiger partial charge in [-0.05, 0) is 26.3 Å². The lowest BCUT2D eigenvalue weighted by molar-refractivity contribution is -0.938. The number of piperidine rings is 3. The minimum absolute atomic E-state index is 0. The Morgan fingerprint density at radius 2 is 1.57 bits per heavy atom. The van der Waals surface area contributed by atoms with Crippen LogP contribution in [0.4, 0.5) is 4.79 Å². The number of quaternary nitrogens is 1. The van der Waals surface area contributed by atoms with Crippen molar-refractivity contribution in [1.82, 2.24) is 5.32 Å². The van der Waals surface area contributed by atoms with Gasteiger partial charge in [-0.1, -0.05) is 60.7 Å². The standard InChI is InChI=1S/C29H36N2O5.BrH/c1-29(2,3)36-28(34)30-24(18-21-10-6-4-7-11-21)27(33)35-26-20-31(16-14-23(26)15-17-31)19-25(32)22-12-8-5-9-13-22;/h4-13,23-24,26H,14-20H2,1-3H3;1H/t23?,24-,26-,31?;/m0./s1. The first-order valence-electron chi connectivity index (χ1n) is 12.8. The maximum Gasteiger partial charge on any atom is 0.408 e. The van der Waals surface area contributed by atoms with Crippen molar-refractivity contribution < 1.29 is 45.3 Å². The summed E-state index contributed by atoms with van der Waals surface area (Å²) in [4.78, 5) is 38.9. The van der Waals surface area contributed by atoms with Crippen LogP contribution in [-0.4, -0.2) is 66.3 Å². The van der Waals surface area contributed by atoms with Gasteiger partial charge < -0.3 is 36.3 Å². The third kappa shape index (κ3) is 7.89. The molecule has 1 amide bonds. The molecule has 2 aromatic carbocycles. The predicted molar refractivity (Wildman–Crippen MR) is 136 cm³/mol. The van der Waals surface area contributed by atoms with Crippen LogP contribution in [0.3, 0.4) is 0 Å². The Labute approximate surface area is 229 Å². The first-order valence-corrected chi connectivity index (χ1v) is 12.8. The molecule has 0 radical (unpaired) electrons. The number of carbonyl (C=O) groups is 3. The predicted octanol–water partition coefficient (Wildman–Crippen LogP) is 1.16. The number of Topliss-reactive ketones (excluding diaryl/α,β-unsaturated/α-hetero) is 1. The van der Waals surface area contributed by atoms with E-state index in [1.54, 1.807) is 20.8 Å². The molecule has 0 saturated carbocycles. The number of nitrogens with one attached hydrogen (secondary N) is 1. The quantitative estimate of drug-likeness (QED) is 0.292. The van der Waals surface area contributed by atoms with Crippen molar-refractivity contribution >= 4 is 17.8 Å². The number of ketones is 1. The van der Waals surface area contributed by atoms with Gasteiger partial charge in [0.05, 0.1) is 13.1 Å². The number of alkyl carbamates (subject to hydrolysis) is 1. The van der Waals surface area contributed by atoms with Crippen molar-refractivity contribution in [3.05, 3.63) is 71.8 Å². The van der Waals surface area contributed by atoms with Gasteiger partial charge in [0.2, 0.25) is 5.78 Å². The molecule has 0 aromatic heterocycles. The van der Waals surface area contributed by atoms with Crippen LogP contribution in [0.15, 0.2) is 60.7 Å². The minimum atomic E-state index is -0.864. The molecule has 5 rings (SSSR count). The molecule has 8 heteroatoms. The van der Waals surface area contributed by atoms with Crippen LogP contribution in [0.1, 0.15) is 49.5 Å². The zero-order chi connectivity index (χ0) is 25.8. The molecular formula is C29H37BrN2O5. The summed E-state index contributed by atoms with van der Waals surface area (Å²) in [5, 5.41) is 2.72. The van der Waals surface area contributed by atoms with Gasteiger partial charge in [0.25, 0.3) is 0 Å². The Hall–Kier alpha value is -2.71. The van der Waals surface area contributed by atoms with Crippen molar-refractivity contribution in [3.8, 4) is 0 Å². The number of esters is 1.